The number of furan rings is 1. The van der Waals surface area contributed by atoms with Gasteiger partial charge in [0.25, 0.3) is 0 Å². The van der Waals surface area contributed by atoms with E-state index in [1.54, 1.807) is 0 Å². The molecule has 1 aromatic heterocycles. The molecule has 2 heterocycles. The summed E-state index contributed by atoms with van der Waals surface area (Å²) < 4.78 is 11.4. The van der Waals surface area contributed by atoms with Crippen LogP contribution in [0.4, 0.5) is 0 Å². The van der Waals surface area contributed by atoms with Crippen LogP contribution in [0, 0.1) is 6.92 Å². The van der Waals surface area contributed by atoms with Crippen LogP contribution in [0.1, 0.15) is 37.9 Å². The van der Waals surface area contributed by atoms with Crippen LogP contribution in [0.25, 0.3) is 0 Å². The Labute approximate surface area is 116 Å². The lowest BCUT2D eigenvalue weighted by Gasteiger charge is -2.32. The molecule has 0 radical (unpaired) electrons. The molecule has 1 aromatic rings. The highest BCUT2D eigenvalue weighted by atomic mass is 16.5. The normalized spacial score (nSPS) is 21.2. The van der Waals surface area contributed by atoms with Crippen molar-refractivity contribution in [2.24, 2.45) is 0 Å². The first-order valence-electron chi connectivity index (χ1n) is 7.19. The monoisotopic (exact) mass is 266 g/mol. The molecule has 0 saturated carbocycles. The minimum Gasteiger partial charge on any atom is -0.463 e. The van der Waals surface area contributed by atoms with Gasteiger partial charge in [-0.15, -0.1) is 0 Å². The fraction of sp³-hybridized carbons (Fsp3) is 0.733. The molecular formula is C15H26N2O2. The van der Waals surface area contributed by atoms with Crippen LogP contribution in [0.2, 0.25) is 0 Å². The number of morpholine rings is 1. The lowest BCUT2D eigenvalue weighted by molar-refractivity contribution is -0.00722. The molecule has 0 spiro atoms. The van der Waals surface area contributed by atoms with Crippen molar-refractivity contribution in [2.45, 2.75) is 52.9 Å². The average Bonchev–Trinajstić information content (AvgIpc) is 2.70. The largest absolute Gasteiger partial charge is 0.463 e. The maximum absolute atomic E-state index is 5.97. The Morgan fingerprint density at radius 3 is 2.95 bits per heavy atom. The van der Waals surface area contributed by atoms with Gasteiger partial charge in [-0.05, 0) is 25.5 Å². The van der Waals surface area contributed by atoms with Crippen molar-refractivity contribution in [3.8, 4) is 0 Å². The van der Waals surface area contributed by atoms with Gasteiger partial charge in [0.1, 0.15) is 11.5 Å². The van der Waals surface area contributed by atoms with E-state index >= 15 is 0 Å². The fourth-order valence-corrected chi connectivity index (χ4v) is 2.34. The van der Waals surface area contributed by atoms with E-state index in [-0.39, 0.29) is 0 Å². The molecule has 19 heavy (non-hydrogen) atoms. The summed E-state index contributed by atoms with van der Waals surface area (Å²) in [4.78, 5) is 2.42. The van der Waals surface area contributed by atoms with Crippen molar-refractivity contribution in [3.05, 3.63) is 23.2 Å². The van der Waals surface area contributed by atoms with E-state index in [0.29, 0.717) is 12.1 Å². The highest BCUT2D eigenvalue weighted by Crippen LogP contribution is 2.18. The summed E-state index contributed by atoms with van der Waals surface area (Å²) in [6.45, 7) is 12.9. The molecule has 0 amide bonds. The lowest BCUT2D eigenvalue weighted by Crippen LogP contribution is -2.42. The zero-order chi connectivity index (χ0) is 13.8. The second-order valence-corrected chi connectivity index (χ2v) is 5.75. The first kappa shape index (κ1) is 14.6. The summed E-state index contributed by atoms with van der Waals surface area (Å²) in [6.07, 6.45) is 0. The van der Waals surface area contributed by atoms with Crippen molar-refractivity contribution in [1.29, 1.82) is 0 Å². The Hall–Kier alpha value is -0.840. The van der Waals surface area contributed by atoms with Crippen LogP contribution in [-0.4, -0.2) is 36.7 Å². The quantitative estimate of drug-likeness (QED) is 0.887. The van der Waals surface area contributed by atoms with E-state index in [1.807, 2.05) is 0 Å². The van der Waals surface area contributed by atoms with E-state index in [1.165, 1.54) is 5.56 Å². The van der Waals surface area contributed by atoms with E-state index in [2.05, 4.69) is 44.0 Å². The molecule has 4 nitrogen and oxygen atoms in total. The molecule has 1 fully saturated rings. The minimum absolute atomic E-state index is 0.469. The maximum Gasteiger partial charge on any atom is 0.120 e. The second-order valence-electron chi connectivity index (χ2n) is 5.75. The SMILES string of the molecule is Cc1cc(CN2CCOCC2C)oc1CNC(C)C. The number of aryl methyl sites for hydroxylation is 1. The van der Waals surface area contributed by atoms with Crippen LogP contribution in [0.3, 0.4) is 0 Å². The molecule has 4 heteroatoms. The second kappa shape index (κ2) is 6.55. The van der Waals surface area contributed by atoms with Gasteiger partial charge in [0.2, 0.25) is 0 Å². The molecule has 1 aliphatic heterocycles. The molecule has 1 unspecified atom stereocenters. The van der Waals surface area contributed by atoms with E-state index in [0.717, 1.165) is 44.4 Å². The molecule has 0 aromatic carbocycles. The summed E-state index contributed by atoms with van der Waals surface area (Å²) >= 11 is 0. The first-order chi connectivity index (χ1) is 9.06. The molecular weight excluding hydrogens is 240 g/mol. The van der Waals surface area contributed by atoms with Gasteiger partial charge in [-0.3, -0.25) is 4.90 Å². The molecule has 2 rings (SSSR count). The van der Waals surface area contributed by atoms with Crippen LogP contribution in [-0.2, 0) is 17.8 Å². The summed E-state index contributed by atoms with van der Waals surface area (Å²) in [5, 5.41) is 3.40. The van der Waals surface area contributed by atoms with Crippen LogP contribution in [0.5, 0.6) is 0 Å². The summed E-state index contributed by atoms with van der Waals surface area (Å²) in [7, 11) is 0. The molecule has 1 saturated heterocycles. The van der Waals surface area contributed by atoms with Crippen molar-refractivity contribution in [3.63, 3.8) is 0 Å². The highest BCUT2D eigenvalue weighted by Gasteiger charge is 2.20. The Bertz CT molecular complexity index is 401. The number of nitrogens with one attached hydrogen (secondary N) is 1. The topological polar surface area (TPSA) is 37.6 Å². The van der Waals surface area contributed by atoms with Gasteiger partial charge < -0.3 is 14.5 Å². The van der Waals surface area contributed by atoms with Crippen molar-refractivity contribution >= 4 is 0 Å². The van der Waals surface area contributed by atoms with Gasteiger partial charge >= 0.3 is 0 Å². The summed E-state index contributed by atoms with van der Waals surface area (Å²) in [5.74, 6) is 2.12. The lowest BCUT2D eigenvalue weighted by atomic mass is 10.2. The van der Waals surface area contributed by atoms with Crippen LogP contribution < -0.4 is 5.32 Å². The van der Waals surface area contributed by atoms with Gasteiger partial charge in [-0.2, -0.15) is 0 Å². The third-order valence-electron chi connectivity index (χ3n) is 3.61. The van der Waals surface area contributed by atoms with Gasteiger partial charge in [-0.25, -0.2) is 0 Å². The van der Waals surface area contributed by atoms with Gasteiger partial charge in [0.05, 0.1) is 26.3 Å². The molecule has 108 valence electrons. The Balaban J connectivity index is 1.95. The Kier molecular flexibility index (Phi) is 5.02. The van der Waals surface area contributed by atoms with Crippen molar-refractivity contribution in [2.75, 3.05) is 19.8 Å². The summed E-state index contributed by atoms with van der Waals surface area (Å²) in [6, 6.07) is 3.11. The zero-order valence-corrected chi connectivity index (χ0v) is 12.5. The van der Waals surface area contributed by atoms with Gasteiger partial charge in [0.15, 0.2) is 0 Å². The van der Waals surface area contributed by atoms with Crippen LogP contribution in [0.15, 0.2) is 10.5 Å². The Morgan fingerprint density at radius 1 is 1.47 bits per heavy atom. The number of hydrogen-bond donors (Lipinski definition) is 1. The minimum atomic E-state index is 0.469. The highest BCUT2D eigenvalue weighted by molar-refractivity contribution is 5.20. The van der Waals surface area contributed by atoms with Gasteiger partial charge in [-0.1, -0.05) is 13.8 Å². The molecule has 1 aliphatic rings. The standard InChI is InChI=1S/C15H26N2O2/c1-11(2)16-8-15-12(3)7-14(19-15)9-17-5-6-18-10-13(17)4/h7,11,13,16H,5-6,8-10H2,1-4H3. The van der Waals surface area contributed by atoms with Crippen molar-refractivity contribution < 1.29 is 9.15 Å². The molecule has 0 bridgehead atoms. The van der Waals surface area contributed by atoms with Gasteiger partial charge in [0, 0.05) is 18.6 Å². The molecule has 0 aliphatic carbocycles. The third-order valence-corrected chi connectivity index (χ3v) is 3.61. The number of rotatable bonds is 5. The average molecular weight is 266 g/mol. The number of nitrogens with zero attached hydrogens (tertiary/aromatic N) is 1. The van der Waals surface area contributed by atoms with Crippen LogP contribution >= 0.6 is 0 Å². The third kappa shape index (κ3) is 4.06. The molecule has 1 atom stereocenters. The number of hydrogen-bond acceptors (Lipinski definition) is 4. The Morgan fingerprint density at radius 2 is 2.26 bits per heavy atom. The van der Waals surface area contributed by atoms with E-state index in [4.69, 9.17) is 9.15 Å². The molecule has 1 N–H and O–H groups in total. The number of ether oxygens (including phenoxy) is 1. The van der Waals surface area contributed by atoms with E-state index in [9.17, 15) is 0 Å². The van der Waals surface area contributed by atoms with Crippen molar-refractivity contribution in [1.82, 2.24) is 10.2 Å². The predicted molar refractivity (Wildman–Crippen MR) is 76.1 cm³/mol. The van der Waals surface area contributed by atoms with E-state index < -0.39 is 0 Å². The smallest absolute Gasteiger partial charge is 0.120 e. The summed E-state index contributed by atoms with van der Waals surface area (Å²) in [5.41, 5.74) is 1.24. The first-order valence-corrected chi connectivity index (χ1v) is 7.19. The predicted octanol–water partition coefficient (Wildman–Crippen LogP) is 2.31. The zero-order valence-electron chi connectivity index (χ0n) is 12.5. The maximum atomic E-state index is 5.97. The fourth-order valence-electron chi connectivity index (χ4n) is 2.34.